The molecule has 2 fully saturated rings. The first-order valence-corrected chi connectivity index (χ1v) is 6.77. The van der Waals surface area contributed by atoms with E-state index in [0.717, 1.165) is 18.4 Å². The van der Waals surface area contributed by atoms with Crippen LogP contribution in [-0.2, 0) is 16.0 Å². The number of carbonyl (C=O) groups excluding carboxylic acids is 2. The number of fused-ring (bicyclic) bond motifs is 1. The van der Waals surface area contributed by atoms with Crippen molar-refractivity contribution in [3.05, 3.63) is 35.9 Å². The van der Waals surface area contributed by atoms with E-state index in [1.54, 1.807) is 4.90 Å². The van der Waals surface area contributed by atoms with Gasteiger partial charge in [0.25, 0.3) is 0 Å². The Balaban J connectivity index is 1.86. The summed E-state index contributed by atoms with van der Waals surface area (Å²) in [7, 11) is 0. The van der Waals surface area contributed by atoms with Crippen LogP contribution < -0.4 is 5.32 Å². The van der Waals surface area contributed by atoms with Crippen LogP contribution >= 0.6 is 0 Å². The highest BCUT2D eigenvalue weighted by molar-refractivity contribution is 6.00. The van der Waals surface area contributed by atoms with Gasteiger partial charge in [0.2, 0.25) is 11.8 Å². The van der Waals surface area contributed by atoms with Crippen molar-refractivity contribution >= 4 is 11.8 Å². The molecule has 4 nitrogen and oxygen atoms in total. The number of amides is 2. The first kappa shape index (κ1) is 12.2. The minimum absolute atomic E-state index is 0.00414. The highest BCUT2D eigenvalue weighted by atomic mass is 16.2. The third kappa shape index (κ3) is 2.01. The van der Waals surface area contributed by atoms with Crippen molar-refractivity contribution in [2.45, 2.75) is 37.8 Å². The third-order valence-corrected chi connectivity index (χ3v) is 4.09. The van der Waals surface area contributed by atoms with Crippen molar-refractivity contribution in [1.29, 1.82) is 0 Å². The van der Waals surface area contributed by atoms with Crippen LogP contribution in [-0.4, -0.2) is 34.8 Å². The number of rotatable bonds is 2. The molecular formula is C15H18N2O2. The average Bonchev–Trinajstić information content (AvgIpc) is 2.87. The minimum Gasteiger partial charge on any atom is -0.340 e. The molecule has 0 unspecified atom stereocenters. The lowest BCUT2D eigenvalue weighted by Crippen LogP contribution is -2.68. The Morgan fingerprint density at radius 2 is 2.05 bits per heavy atom. The topological polar surface area (TPSA) is 49.4 Å². The zero-order valence-corrected chi connectivity index (χ0v) is 11.1. The van der Waals surface area contributed by atoms with Crippen molar-refractivity contribution in [1.82, 2.24) is 10.2 Å². The van der Waals surface area contributed by atoms with E-state index in [2.05, 4.69) is 5.32 Å². The van der Waals surface area contributed by atoms with Crippen molar-refractivity contribution in [3.63, 3.8) is 0 Å². The summed E-state index contributed by atoms with van der Waals surface area (Å²) in [4.78, 5) is 26.5. The lowest BCUT2D eigenvalue weighted by atomic mass is 9.88. The second-order valence-corrected chi connectivity index (χ2v) is 5.64. The van der Waals surface area contributed by atoms with Gasteiger partial charge in [-0.3, -0.25) is 9.59 Å². The fourth-order valence-corrected chi connectivity index (χ4v) is 3.13. The van der Waals surface area contributed by atoms with E-state index in [1.165, 1.54) is 0 Å². The number of hydrogen-bond acceptors (Lipinski definition) is 2. The van der Waals surface area contributed by atoms with Crippen LogP contribution in [0.2, 0.25) is 0 Å². The number of piperazine rings is 1. The van der Waals surface area contributed by atoms with Gasteiger partial charge in [-0.15, -0.1) is 0 Å². The maximum atomic E-state index is 12.6. The number of nitrogens with zero attached hydrogens (tertiary/aromatic N) is 1. The zero-order valence-electron chi connectivity index (χ0n) is 11.1. The summed E-state index contributed by atoms with van der Waals surface area (Å²) in [5, 5.41) is 2.93. The monoisotopic (exact) mass is 258 g/mol. The second-order valence-electron chi connectivity index (χ2n) is 5.64. The Hall–Kier alpha value is -1.84. The molecule has 4 heteroatoms. The van der Waals surface area contributed by atoms with E-state index >= 15 is 0 Å². The predicted molar refractivity (Wildman–Crippen MR) is 71.4 cm³/mol. The molecule has 2 heterocycles. The Morgan fingerprint density at radius 3 is 2.79 bits per heavy atom. The first-order valence-electron chi connectivity index (χ1n) is 6.77. The van der Waals surface area contributed by atoms with Gasteiger partial charge in [-0.1, -0.05) is 30.3 Å². The molecule has 0 saturated carbocycles. The summed E-state index contributed by atoms with van der Waals surface area (Å²) in [6.45, 7) is 2.54. The predicted octanol–water partition coefficient (Wildman–Crippen LogP) is 1.11. The minimum atomic E-state index is -0.806. The van der Waals surface area contributed by atoms with Crippen LogP contribution in [0.25, 0.3) is 0 Å². The van der Waals surface area contributed by atoms with Gasteiger partial charge in [-0.25, -0.2) is 0 Å². The first-order chi connectivity index (χ1) is 9.10. The highest BCUT2D eigenvalue weighted by Gasteiger charge is 2.49. The number of benzene rings is 1. The maximum Gasteiger partial charge on any atom is 0.249 e. The molecule has 2 aliphatic heterocycles. The summed E-state index contributed by atoms with van der Waals surface area (Å²) >= 11 is 0. The largest absolute Gasteiger partial charge is 0.340 e. The summed E-state index contributed by atoms with van der Waals surface area (Å²) in [6, 6.07) is 9.58. The van der Waals surface area contributed by atoms with Gasteiger partial charge in [-0.05, 0) is 25.3 Å². The quantitative estimate of drug-likeness (QED) is 0.864. The lowest BCUT2D eigenvalue weighted by Gasteiger charge is -2.41. The van der Waals surface area contributed by atoms with Crippen LogP contribution in [0.3, 0.4) is 0 Å². The van der Waals surface area contributed by atoms with Crippen molar-refractivity contribution in [2.75, 3.05) is 6.54 Å². The molecule has 0 bridgehead atoms. The zero-order chi connectivity index (χ0) is 13.5. The molecule has 2 saturated heterocycles. The molecule has 2 amide bonds. The van der Waals surface area contributed by atoms with E-state index in [9.17, 15) is 9.59 Å². The van der Waals surface area contributed by atoms with Gasteiger partial charge in [0, 0.05) is 13.0 Å². The Morgan fingerprint density at radius 1 is 1.32 bits per heavy atom. The fraction of sp³-hybridized carbons (Fsp3) is 0.467. The summed E-state index contributed by atoms with van der Waals surface area (Å²) in [5.74, 6) is 0.0500. The molecule has 3 rings (SSSR count). The number of carbonyl (C=O) groups is 2. The highest BCUT2D eigenvalue weighted by Crippen LogP contribution is 2.28. The van der Waals surface area contributed by atoms with Crippen molar-refractivity contribution in [2.24, 2.45) is 0 Å². The van der Waals surface area contributed by atoms with E-state index in [4.69, 9.17) is 0 Å². The van der Waals surface area contributed by atoms with Gasteiger partial charge in [0.1, 0.15) is 11.6 Å². The standard InChI is InChI=1S/C15H18N2O2/c1-15(10-11-6-3-2-4-7-11)14(19)17-9-5-8-12(17)13(18)16-15/h2-4,6-7,12H,5,8-10H2,1H3,(H,16,18)/t12-,15-/m0/s1. The normalized spacial score (nSPS) is 30.2. The van der Waals surface area contributed by atoms with Crippen LogP contribution in [0.15, 0.2) is 30.3 Å². The summed E-state index contributed by atoms with van der Waals surface area (Å²) in [6.07, 6.45) is 2.26. The molecule has 1 N–H and O–H groups in total. The molecule has 2 atom stereocenters. The van der Waals surface area contributed by atoms with Crippen LogP contribution in [0, 0.1) is 0 Å². The molecule has 2 aliphatic rings. The van der Waals surface area contributed by atoms with Gasteiger partial charge in [0.05, 0.1) is 0 Å². The Labute approximate surface area is 112 Å². The van der Waals surface area contributed by atoms with Crippen LogP contribution in [0.5, 0.6) is 0 Å². The summed E-state index contributed by atoms with van der Waals surface area (Å²) in [5.41, 5.74) is 0.260. The van der Waals surface area contributed by atoms with Crippen LogP contribution in [0.4, 0.5) is 0 Å². The Kier molecular flexibility index (Phi) is 2.81. The fourth-order valence-electron chi connectivity index (χ4n) is 3.13. The van der Waals surface area contributed by atoms with E-state index in [1.807, 2.05) is 37.3 Å². The second kappa shape index (κ2) is 4.37. The molecule has 0 aliphatic carbocycles. The van der Waals surface area contributed by atoms with Crippen molar-refractivity contribution in [3.8, 4) is 0 Å². The molecule has 100 valence electrons. The number of nitrogens with one attached hydrogen (secondary N) is 1. The molecule has 0 radical (unpaired) electrons. The third-order valence-electron chi connectivity index (χ3n) is 4.09. The molecule has 1 aromatic rings. The molecule has 1 aromatic carbocycles. The molecular weight excluding hydrogens is 240 g/mol. The smallest absolute Gasteiger partial charge is 0.249 e. The Bertz CT molecular complexity index is 514. The van der Waals surface area contributed by atoms with Crippen molar-refractivity contribution < 1.29 is 9.59 Å². The average molecular weight is 258 g/mol. The lowest BCUT2D eigenvalue weighted by molar-refractivity contribution is -0.151. The SMILES string of the molecule is C[C@@]1(Cc2ccccc2)NC(=O)[C@@H]2CCCN2C1=O. The number of hydrogen-bond donors (Lipinski definition) is 1. The van der Waals surface area contributed by atoms with Gasteiger partial charge in [0.15, 0.2) is 0 Å². The maximum absolute atomic E-state index is 12.6. The van der Waals surface area contributed by atoms with E-state index in [-0.39, 0.29) is 17.9 Å². The van der Waals surface area contributed by atoms with Crippen LogP contribution in [0.1, 0.15) is 25.3 Å². The summed E-state index contributed by atoms with van der Waals surface area (Å²) < 4.78 is 0. The molecule has 0 aromatic heterocycles. The molecule has 19 heavy (non-hydrogen) atoms. The van der Waals surface area contributed by atoms with Gasteiger partial charge < -0.3 is 10.2 Å². The van der Waals surface area contributed by atoms with E-state index < -0.39 is 5.54 Å². The van der Waals surface area contributed by atoms with Gasteiger partial charge >= 0.3 is 0 Å². The van der Waals surface area contributed by atoms with Gasteiger partial charge in [-0.2, -0.15) is 0 Å². The van der Waals surface area contributed by atoms with E-state index in [0.29, 0.717) is 13.0 Å². The molecule has 0 spiro atoms.